The van der Waals surface area contributed by atoms with Crippen molar-refractivity contribution in [3.63, 3.8) is 0 Å². The fourth-order valence-electron chi connectivity index (χ4n) is 2.78. The van der Waals surface area contributed by atoms with Gasteiger partial charge in [0.1, 0.15) is 5.60 Å². The second-order valence-corrected chi connectivity index (χ2v) is 8.75. The van der Waals surface area contributed by atoms with E-state index in [0.29, 0.717) is 21.2 Å². The van der Waals surface area contributed by atoms with Crippen molar-refractivity contribution in [1.82, 2.24) is 10.6 Å². The maximum absolute atomic E-state index is 13.1. The third-order valence-electron chi connectivity index (χ3n) is 4.14. The zero-order valence-electron chi connectivity index (χ0n) is 18.3. The fourth-order valence-corrected chi connectivity index (χ4v) is 3.03. The van der Waals surface area contributed by atoms with Crippen molar-refractivity contribution in [3.05, 3.63) is 69.7 Å². The number of hydrogen-bond acceptors (Lipinski definition) is 5. The van der Waals surface area contributed by atoms with E-state index >= 15 is 0 Å². The molecule has 0 radical (unpaired) electrons. The van der Waals surface area contributed by atoms with E-state index in [-0.39, 0.29) is 6.61 Å². The maximum Gasteiger partial charge on any atom is 0.408 e. The van der Waals surface area contributed by atoms with Crippen molar-refractivity contribution in [3.8, 4) is 0 Å². The molecule has 2 rings (SSSR count). The number of nitrogens with one attached hydrogen (secondary N) is 2. The van der Waals surface area contributed by atoms with Gasteiger partial charge in [-0.15, -0.1) is 0 Å². The summed E-state index contributed by atoms with van der Waals surface area (Å²) in [4.78, 5) is 37.8. The molecule has 172 valence electrons. The van der Waals surface area contributed by atoms with E-state index in [2.05, 4.69) is 10.6 Å². The summed E-state index contributed by atoms with van der Waals surface area (Å²) in [5.41, 5.74) is 0.615. The lowest BCUT2D eigenvalue weighted by Crippen LogP contribution is -2.53. The minimum Gasteiger partial charge on any atom is -0.464 e. The molecule has 0 fully saturated rings. The molecule has 32 heavy (non-hydrogen) atoms. The van der Waals surface area contributed by atoms with Gasteiger partial charge >= 0.3 is 12.1 Å². The van der Waals surface area contributed by atoms with Crippen LogP contribution in [0, 0.1) is 0 Å². The van der Waals surface area contributed by atoms with Gasteiger partial charge in [0.25, 0.3) is 5.91 Å². The van der Waals surface area contributed by atoms with Crippen LogP contribution < -0.4 is 10.6 Å². The highest BCUT2D eigenvalue weighted by molar-refractivity contribution is 6.30. The number of carbonyl (C=O) groups is 3. The van der Waals surface area contributed by atoms with Gasteiger partial charge in [-0.3, -0.25) is 10.1 Å². The first-order valence-electron chi connectivity index (χ1n) is 9.97. The molecule has 0 aromatic heterocycles. The Hall–Kier alpha value is -2.77. The Morgan fingerprint density at radius 1 is 0.875 bits per heavy atom. The number of alkyl carbamates (subject to hydrolysis) is 1. The molecule has 1 unspecified atom stereocenters. The number of amides is 2. The second kappa shape index (κ2) is 11.2. The molecule has 0 heterocycles. The summed E-state index contributed by atoms with van der Waals surface area (Å²) in [6.07, 6.45) is -0.916. The van der Waals surface area contributed by atoms with Gasteiger partial charge < -0.3 is 14.8 Å². The average Bonchev–Trinajstić information content (AvgIpc) is 2.70. The van der Waals surface area contributed by atoms with Crippen molar-refractivity contribution in [2.24, 2.45) is 0 Å². The molecule has 9 heteroatoms. The van der Waals surface area contributed by atoms with E-state index < -0.39 is 35.7 Å². The van der Waals surface area contributed by atoms with Crippen LogP contribution in [0.4, 0.5) is 4.79 Å². The van der Waals surface area contributed by atoms with Crippen molar-refractivity contribution in [2.45, 2.75) is 45.4 Å². The minimum atomic E-state index is -1.60. The van der Waals surface area contributed by atoms with E-state index in [9.17, 15) is 14.4 Å². The molecular formula is C23H26Cl2N2O5. The monoisotopic (exact) mass is 480 g/mol. The molecule has 0 aliphatic rings. The number of esters is 1. The van der Waals surface area contributed by atoms with Gasteiger partial charge in [-0.25, -0.2) is 9.59 Å². The molecule has 0 spiro atoms. The van der Waals surface area contributed by atoms with E-state index in [1.807, 2.05) is 0 Å². The summed E-state index contributed by atoms with van der Waals surface area (Å²) in [5.74, 6) is -1.66. The Labute approximate surface area is 197 Å². The molecule has 7 nitrogen and oxygen atoms in total. The van der Waals surface area contributed by atoms with Gasteiger partial charge in [-0.1, -0.05) is 47.5 Å². The maximum atomic E-state index is 13.1. The molecule has 2 aromatic rings. The molecule has 0 aliphatic heterocycles. The van der Waals surface area contributed by atoms with Crippen LogP contribution >= 0.6 is 23.2 Å². The third kappa shape index (κ3) is 7.73. The van der Waals surface area contributed by atoms with Gasteiger partial charge in [0.15, 0.2) is 0 Å². The van der Waals surface area contributed by atoms with Gasteiger partial charge in [0, 0.05) is 10.0 Å². The largest absolute Gasteiger partial charge is 0.464 e. The molecule has 2 amide bonds. The molecule has 2 aromatic carbocycles. The summed E-state index contributed by atoms with van der Waals surface area (Å²) < 4.78 is 10.2. The second-order valence-electron chi connectivity index (χ2n) is 7.88. The normalized spacial score (nSPS) is 12.1. The number of rotatable bonds is 7. The van der Waals surface area contributed by atoms with Gasteiger partial charge in [-0.05, 0) is 63.1 Å². The Balaban J connectivity index is 2.33. The first-order valence-corrected chi connectivity index (χ1v) is 10.7. The molecule has 0 saturated heterocycles. The highest BCUT2D eigenvalue weighted by atomic mass is 35.5. The minimum absolute atomic E-state index is 0.0381. The number of hydrogen-bond donors (Lipinski definition) is 2. The van der Waals surface area contributed by atoms with Crippen molar-refractivity contribution < 1.29 is 23.9 Å². The first-order chi connectivity index (χ1) is 15.0. The van der Waals surface area contributed by atoms with Crippen molar-refractivity contribution >= 4 is 41.2 Å². The lowest BCUT2D eigenvalue weighted by atomic mass is 9.98. The third-order valence-corrected chi connectivity index (χ3v) is 4.64. The summed E-state index contributed by atoms with van der Waals surface area (Å²) in [6, 6.07) is 11.5. The molecule has 0 bridgehead atoms. The van der Waals surface area contributed by atoms with Crippen LogP contribution in [0.1, 0.15) is 44.9 Å². The van der Waals surface area contributed by atoms with Crippen LogP contribution in [0.3, 0.4) is 0 Å². The molecular weight excluding hydrogens is 455 g/mol. The summed E-state index contributed by atoms with van der Waals surface area (Å²) in [7, 11) is 0. The van der Waals surface area contributed by atoms with Crippen LogP contribution in [0.2, 0.25) is 10.0 Å². The van der Waals surface area contributed by atoms with Crippen molar-refractivity contribution in [2.75, 3.05) is 6.61 Å². The average molecular weight is 481 g/mol. The molecule has 2 N–H and O–H groups in total. The van der Waals surface area contributed by atoms with Crippen LogP contribution in [0.25, 0.3) is 0 Å². The summed E-state index contributed by atoms with van der Waals surface area (Å²) >= 11 is 12.0. The molecule has 1 atom stereocenters. The van der Waals surface area contributed by atoms with Crippen LogP contribution in [0.5, 0.6) is 0 Å². The predicted octanol–water partition coefficient (Wildman–Crippen LogP) is 4.66. The van der Waals surface area contributed by atoms with Crippen LogP contribution in [-0.4, -0.2) is 36.2 Å². The van der Waals surface area contributed by atoms with Crippen LogP contribution in [0.15, 0.2) is 48.5 Å². The summed E-state index contributed by atoms with van der Waals surface area (Å²) in [6.45, 7) is 6.65. The Morgan fingerprint density at radius 2 is 1.34 bits per heavy atom. The highest BCUT2D eigenvalue weighted by Crippen LogP contribution is 2.25. The number of halogens is 2. The zero-order valence-corrected chi connectivity index (χ0v) is 19.8. The molecule has 0 saturated carbocycles. The standard InChI is InChI=1S/C23H26Cl2N2O5/c1-5-31-21(29)19(27-22(30)32-23(2,3)4)20(28)26-18(14-6-10-16(24)11-7-14)15-8-12-17(25)13-9-15/h6-13,18-19H,5H2,1-4H3,(H,26,28)(H,27,30). The van der Waals surface area contributed by atoms with Gasteiger partial charge in [0.05, 0.1) is 12.6 Å². The molecule has 0 aliphatic carbocycles. The Morgan fingerprint density at radius 3 is 1.75 bits per heavy atom. The fraction of sp³-hybridized carbons (Fsp3) is 0.348. The van der Waals surface area contributed by atoms with E-state index in [1.165, 1.54) is 0 Å². The lowest BCUT2D eigenvalue weighted by molar-refractivity contribution is -0.149. The topological polar surface area (TPSA) is 93.7 Å². The van der Waals surface area contributed by atoms with E-state index in [4.69, 9.17) is 32.7 Å². The van der Waals surface area contributed by atoms with E-state index in [0.717, 1.165) is 0 Å². The number of benzene rings is 2. The summed E-state index contributed by atoms with van der Waals surface area (Å²) in [5, 5.41) is 6.16. The van der Waals surface area contributed by atoms with Crippen molar-refractivity contribution in [1.29, 1.82) is 0 Å². The predicted molar refractivity (Wildman–Crippen MR) is 123 cm³/mol. The SMILES string of the molecule is CCOC(=O)C(NC(=O)OC(C)(C)C)C(=O)NC(c1ccc(Cl)cc1)c1ccc(Cl)cc1. The lowest BCUT2D eigenvalue weighted by Gasteiger charge is -2.25. The van der Waals surface area contributed by atoms with Crippen LogP contribution in [-0.2, 0) is 19.1 Å². The smallest absolute Gasteiger partial charge is 0.408 e. The highest BCUT2D eigenvalue weighted by Gasteiger charge is 2.33. The Kier molecular flexibility index (Phi) is 8.92. The van der Waals surface area contributed by atoms with E-state index in [1.54, 1.807) is 76.2 Å². The van der Waals surface area contributed by atoms with Gasteiger partial charge in [-0.2, -0.15) is 0 Å². The van der Waals surface area contributed by atoms with Gasteiger partial charge in [0.2, 0.25) is 6.04 Å². The first kappa shape index (κ1) is 25.5. The number of carbonyl (C=O) groups excluding carboxylic acids is 3. The number of ether oxygens (including phenoxy) is 2. The zero-order chi connectivity index (χ0) is 23.9. The quantitative estimate of drug-likeness (QED) is 0.444. The Bertz CT molecular complexity index is 895.